The van der Waals surface area contributed by atoms with Gasteiger partial charge in [0.2, 0.25) is 20.0 Å². The Kier molecular flexibility index (Phi) is 8.87. The number of fused-ring (bicyclic) bond motifs is 1. The van der Waals surface area contributed by atoms with Crippen LogP contribution >= 0.6 is 11.6 Å². The minimum atomic E-state index is -3.84. The number of aliphatic hydroxyl groups excluding tert-OH is 1. The van der Waals surface area contributed by atoms with Crippen LogP contribution in [-0.2, 0) is 24.8 Å². The number of hydrogen-bond donors (Lipinski definition) is 3. The Morgan fingerprint density at radius 2 is 1.93 bits per heavy atom. The summed E-state index contributed by atoms with van der Waals surface area (Å²) >= 11 is 6.08. The average Bonchev–Trinajstić information content (AvgIpc) is 3.60. The minimum absolute atomic E-state index is 0.00293. The lowest BCUT2D eigenvalue weighted by Crippen LogP contribution is -2.47. The second-order valence-corrected chi connectivity index (χ2v) is 14.2. The highest BCUT2D eigenvalue weighted by Gasteiger charge is 2.45. The van der Waals surface area contributed by atoms with Gasteiger partial charge in [-0.2, -0.15) is 4.31 Å². The van der Waals surface area contributed by atoms with E-state index < -0.39 is 31.8 Å². The first-order valence-electron chi connectivity index (χ1n) is 13.2. The summed E-state index contributed by atoms with van der Waals surface area (Å²) in [4.78, 5) is 0.0940. The van der Waals surface area contributed by atoms with Gasteiger partial charge in [0.25, 0.3) is 0 Å². The largest absolute Gasteiger partial charge is 0.491 e. The monoisotopic (exact) mass is 629 g/mol. The standard InChI is InChI=1S/C25H32ClN5O8S2/c1-2-28-40(33,34)20-5-3-4-19(12-20)37-16-18(32)14-27-17-13-25(38-15-17)8-10-31(11-9-25)41(35,36)22-7-6-21(26)23-24(22)30-39-29-23/h3-7,12,17-18,27-28,32H,2,8-11,13-16H2,1H3. The maximum absolute atomic E-state index is 13.4. The van der Waals surface area contributed by atoms with Crippen molar-refractivity contribution < 1.29 is 36.0 Å². The highest BCUT2D eigenvalue weighted by atomic mass is 35.5. The number of sulfonamides is 2. The summed E-state index contributed by atoms with van der Waals surface area (Å²) in [5.74, 6) is 0.340. The number of nitrogens with one attached hydrogen (secondary N) is 2. The molecule has 0 amide bonds. The SMILES string of the molecule is CCNS(=O)(=O)c1cccc(OCC(O)CNC2COC3(CCN(S(=O)(=O)c4ccc(Cl)c5nonc45)CC3)C2)c1. The highest BCUT2D eigenvalue weighted by Crippen LogP contribution is 2.38. The molecule has 1 aromatic heterocycles. The van der Waals surface area contributed by atoms with Crippen molar-refractivity contribution in [2.24, 2.45) is 0 Å². The molecule has 16 heteroatoms. The first kappa shape index (κ1) is 30.1. The lowest BCUT2D eigenvalue weighted by molar-refractivity contribution is -0.0312. The van der Waals surface area contributed by atoms with Crippen LogP contribution < -0.4 is 14.8 Å². The molecule has 2 unspecified atom stereocenters. The van der Waals surface area contributed by atoms with E-state index in [0.717, 1.165) is 0 Å². The van der Waals surface area contributed by atoms with E-state index in [0.29, 0.717) is 31.6 Å². The Bertz CT molecular complexity index is 1590. The summed E-state index contributed by atoms with van der Waals surface area (Å²) in [6.45, 7) is 3.19. The molecule has 41 heavy (non-hydrogen) atoms. The molecule has 2 aliphatic rings. The number of aromatic nitrogens is 2. The zero-order valence-corrected chi connectivity index (χ0v) is 24.7. The van der Waals surface area contributed by atoms with E-state index in [9.17, 15) is 21.9 Å². The van der Waals surface area contributed by atoms with Crippen LogP contribution in [0.5, 0.6) is 5.75 Å². The Labute approximate surface area is 243 Å². The normalized spacial score (nSPS) is 20.5. The van der Waals surface area contributed by atoms with Gasteiger partial charge in [-0.25, -0.2) is 26.2 Å². The molecule has 2 aliphatic heterocycles. The molecule has 13 nitrogen and oxygen atoms in total. The summed E-state index contributed by atoms with van der Waals surface area (Å²) in [5.41, 5.74) is -0.144. The molecule has 0 bridgehead atoms. The van der Waals surface area contributed by atoms with E-state index in [1.807, 2.05) is 0 Å². The molecule has 0 radical (unpaired) electrons. The van der Waals surface area contributed by atoms with E-state index >= 15 is 0 Å². The highest BCUT2D eigenvalue weighted by molar-refractivity contribution is 7.89. The predicted molar refractivity (Wildman–Crippen MR) is 149 cm³/mol. The molecule has 224 valence electrons. The summed E-state index contributed by atoms with van der Waals surface area (Å²) in [6.07, 6.45) is 0.887. The summed E-state index contributed by atoms with van der Waals surface area (Å²) in [5, 5.41) is 21.4. The zero-order valence-electron chi connectivity index (χ0n) is 22.3. The van der Waals surface area contributed by atoms with Crippen molar-refractivity contribution in [2.45, 2.75) is 53.7 Å². The van der Waals surface area contributed by atoms with E-state index in [2.05, 4.69) is 20.4 Å². The Balaban J connectivity index is 1.10. The van der Waals surface area contributed by atoms with Crippen LogP contribution in [0.25, 0.3) is 11.0 Å². The van der Waals surface area contributed by atoms with Crippen molar-refractivity contribution in [3.63, 3.8) is 0 Å². The van der Waals surface area contributed by atoms with Gasteiger partial charge in [0.05, 0.1) is 22.1 Å². The third-order valence-electron chi connectivity index (χ3n) is 7.32. The topological polar surface area (TPSA) is 173 Å². The quantitative estimate of drug-likeness (QED) is 0.281. The van der Waals surface area contributed by atoms with Gasteiger partial charge in [0, 0.05) is 38.3 Å². The van der Waals surface area contributed by atoms with Gasteiger partial charge in [-0.15, -0.1) is 0 Å². The van der Waals surface area contributed by atoms with Crippen LogP contribution in [0.4, 0.5) is 0 Å². The van der Waals surface area contributed by atoms with E-state index in [-0.39, 0.29) is 64.7 Å². The maximum Gasteiger partial charge on any atom is 0.245 e. The number of nitrogens with zero attached hydrogens (tertiary/aromatic N) is 3. The number of aliphatic hydroxyl groups is 1. The molecule has 3 heterocycles. The van der Waals surface area contributed by atoms with Crippen LogP contribution in [0.1, 0.15) is 26.2 Å². The lowest BCUT2D eigenvalue weighted by Gasteiger charge is -2.38. The number of rotatable bonds is 11. The van der Waals surface area contributed by atoms with Gasteiger partial charge in [-0.1, -0.05) is 24.6 Å². The predicted octanol–water partition coefficient (Wildman–Crippen LogP) is 1.52. The number of halogens is 1. The molecular weight excluding hydrogens is 598 g/mol. The number of benzene rings is 2. The van der Waals surface area contributed by atoms with Crippen LogP contribution in [0, 0.1) is 0 Å². The third-order valence-corrected chi connectivity index (χ3v) is 11.1. The van der Waals surface area contributed by atoms with E-state index in [1.54, 1.807) is 19.1 Å². The number of ether oxygens (including phenoxy) is 2. The fraction of sp³-hybridized carbons (Fsp3) is 0.520. The third kappa shape index (κ3) is 6.51. The molecule has 5 rings (SSSR count). The van der Waals surface area contributed by atoms with Crippen LogP contribution in [0.3, 0.4) is 0 Å². The van der Waals surface area contributed by atoms with Crippen molar-refractivity contribution in [1.82, 2.24) is 24.7 Å². The minimum Gasteiger partial charge on any atom is -0.491 e. The number of piperidine rings is 1. The van der Waals surface area contributed by atoms with Crippen molar-refractivity contribution in [3.8, 4) is 5.75 Å². The van der Waals surface area contributed by atoms with Gasteiger partial charge >= 0.3 is 0 Å². The van der Waals surface area contributed by atoms with Crippen LogP contribution in [0.2, 0.25) is 5.02 Å². The molecule has 2 fully saturated rings. The Morgan fingerprint density at radius 3 is 2.68 bits per heavy atom. The van der Waals surface area contributed by atoms with Gasteiger partial charge < -0.3 is 19.9 Å². The molecular formula is C25H32ClN5O8S2. The first-order valence-corrected chi connectivity index (χ1v) is 16.5. The van der Waals surface area contributed by atoms with Gasteiger partial charge in [0.1, 0.15) is 23.4 Å². The molecule has 0 saturated carbocycles. The second kappa shape index (κ2) is 12.1. The van der Waals surface area contributed by atoms with Crippen molar-refractivity contribution >= 4 is 42.7 Å². The molecule has 2 saturated heterocycles. The molecule has 1 spiro atoms. The Hall–Kier alpha value is -2.37. The second-order valence-electron chi connectivity index (χ2n) is 10.2. The molecule has 3 N–H and O–H groups in total. The van der Waals surface area contributed by atoms with Gasteiger partial charge in [-0.05, 0) is 53.8 Å². The smallest absolute Gasteiger partial charge is 0.245 e. The lowest BCUT2D eigenvalue weighted by atomic mass is 9.88. The summed E-state index contributed by atoms with van der Waals surface area (Å²) in [6, 6.07) is 8.97. The Morgan fingerprint density at radius 1 is 1.17 bits per heavy atom. The van der Waals surface area contributed by atoms with Gasteiger partial charge in [0.15, 0.2) is 11.0 Å². The number of hydrogen-bond acceptors (Lipinski definition) is 11. The van der Waals surface area contributed by atoms with Crippen molar-refractivity contribution in [1.29, 1.82) is 0 Å². The van der Waals surface area contributed by atoms with Gasteiger partial charge in [-0.3, -0.25) is 0 Å². The molecule has 0 aliphatic carbocycles. The van der Waals surface area contributed by atoms with E-state index in [4.69, 9.17) is 25.7 Å². The van der Waals surface area contributed by atoms with Crippen molar-refractivity contribution in [3.05, 3.63) is 41.4 Å². The molecule has 2 atom stereocenters. The fourth-order valence-electron chi connectivity index (χ4n) is 5.18. The first-order chi connectivity index (χ1) is 19.5. The average molecular weight is 630 g/mol. The summed E-state index contributed by atoms with van der Waals surface area (Å²) in [7, 11) is -7.45. The zero-order chi connectivity index (χ0) is 29.3. The fourth-order valence-corrected chi connectivity index (χ4v) is 8.00. The van der Waals surface area contributed by atoms with Crippen LogP contribution in [-0.4, -0.2) is 93.7 Å². The summed E-state index contributed by atoms with van der Waals surface area (Å²) < 4.78 is 71.4. The van der Waals surface area contributed by atoms with Crippen LogP contribution in [0.15, 0.2) is 50.8 Å². The maximum atomic E-state index is 13.4. The molecule has 3 aromatic rings. The molecule has 2 aromatic carbocycles. The van der Waals surface area contributed by atoms with E-state index in [1.165, 1.54) is 28.6 Å². The van der Waals surface area contributed by atoms with Crippen molar-refractivity contribution in [2.75, 3.05) is 39.4 Å².